The molecule has 1 aliphatic rings. The van der Waals surface area contributed by atoms with Gasteiger partial charge in [0.25, 0.3) is 0 Å². The number of thioether (sulfide) groups is 1. The Morgan fingerprint density at radius 1 is 1.53 bits per heavy atom. The van der Waals surface area contributed by atoms with E-state index >= 15 is 0 Å². The molecular weight excluding hydrogens is 204 g/mol. The summed E-state index contributed by atoms with van der Waals surface area (Å²) >= 11 is 2.08. The first-order valence-electron chi connectivity index (χ1n) is 5.49. The van der Waals surface area contributed by atoms with E-state index in [0.29, 0.717) is 4.75 Å². The van der Waals surface area contributed by atoms with E-state index in [9.17, 15) is 0 Å². The highest BCUT2D eigenvalue weighted by atomic mass is 32.2. The minimum Gasteiger partial charge on any atom is -0.369 e. The van der Waals surface area contributed by atoms with Gasteiger partial charge in [-0.3, -0.25) is 0 Å². The van der Waals surface area contributed by atoms with E-state index in [1.807, 2.05) is 19.1 Å². The molecule has 1 fully saturated rings. The molecule has 0 bridgehead atoms. The maximum Gasteiger partial charge on any atom is 0.126 e. The smallest absolute Gasteiger partial charge is 0.126 e. The van der Waals surface area contributed by atoms with Crippen LogP contribution in [0.4, 0.5) is 5.82 Å². The molecular formula is C12H18N2S. The van der Waals surface area contributed by atoms with Crippen molar-refractivity contribution in [3.8, 4) is 0 Å². The Morgan fingerprint density at radius 3 is 3.07 bits per heavy atom. The molecule has 1 N–H and O–H groups in total. The fourth-order valence-corrected chi connectivity index (χ4v) is 3.14. The molecule has 2 rings (SSSR count). The van der Waals surface area contributed by atoms with Crippen molar-refractivity contribution in [3.05, 3.63) is 23.9 Å². The largest absolute Gasteiger partial charge is 0.369 e. The maximum atomic E-state index is 4.44. The normalized spacial score (nSPS) is 25.5. The van der Waals surface area contributed by atoms with E-state index in [0.717, 1.165) is 18.1 Å². The molecule has 0 radical (unpaired) electrons. The Bertz CT molecular complexity index is 332. The van der Waals surface area contributed by atoms with Crippen LogP contribution in [0.15, 0.2) is 18.2 Å². The van der Waals surface area contributed by atoms with Crippen LogP contribution in [0.2, 0.25) is 0 Å². The van der Waals surface area contributed by atoms with E-state index in [1.165, 1.54) is 18.6 Å². The van der Waals surface area contributed by atoms with Gasteiger partial charge in [0.1, 0.15) is 5.82 Å². The van der Waals surface area contributed by atoms with E-state index < -0.39 is 0 Å². The molecule has 2 heterocycles. The number of nitrogens with zero attached hydrogens (tertiary/aromatic N) is 1. The first kappa shape index (κ1) is 10.8. The second-order valence-electron chi connectivity index (χ2n) is 4.42. The van der Waals surface area contributed by atoms with Crippen molar-refractivity contribution in [2.75, 3.05) is 17.6 Å². The molecule has 1 saturated heterocycles. The average molecular weight is 222 g/mol. The monoisotopic (exact) mass is 222 g/mol. The van der Waals surface area contributed by atoms with Crippen molar-refractivity contribution in [2.45, 2.75) is 31.4 Å². The lowest BCUT2D eigenvalue weighted by molar-refractivity contribution is 0.633. The first-order valence-corrected chi connectivity index (χ1v) is 6.48. The van der Waals surface area contributed by atoms with Crippen LogP contribution in [-0.4, -0.2) is 22.0 Å². The van der Waals surface area contributed by atoms with E-state index in [4.69, 9.17) is 0 Å². The minimum atomic E-state index is 0.408. The number of rotatable bonds is 3. The molecule has 0 spiro atoms. The summed E-state index contributed by atoms with van der Waals surface area (Å²) in [4.78, 5) is 4.44. The number of hydrogen-bond acceptors (Lipinski definition) is 3. The van der Waals surface area contributed by atoms with Crippen LogP contribution in [0.1, 0.15) is 25.5 Å². The summed E-state index contributed by atoms with van der Waals surface area (Å²) in [5, 5.41) is 3.44. The van der Waals surface area contributed by atoms with Crippen LogP contribution < -0.4 is 5.32 Å². The second kappa shape index (κ2) is 4.44. The Labute approximate surface area is 95.9 Å². The van der Waals surface area contributed by atoms with Crippen LogP contribution >= 0.6 is 11.8 Å². The van der Waals surface area contributed by atoms with Crippen molar-refractivity contribution in [1.29, 1.82) is 0 Å². The van der Waals surface area contributed by atoms with Gasteiger partial charge in [-0.25, -0.2) is 4.98 Å². The van der Waals surface area contributed by atoms with Gasteiger partial charge in [0.05, 0.1) is 0 Å². The third kappa shape index (κ3) is 2.88. The lowest BCUT2D eigenvalue weighted by Gasteiger charge is -2.23. The lowest BCUT2D eigenvalue weighted by atomic mass is 10.1. The first-order chi connectivity index (χ1) is 7.18. The van der Waals surface area contributed by atoms with Crippen molar-refractivity contribution in [2.24, 2.45) is 0 Å². The highest BCUT2D eigenvalue weighted by Gasteiger charge is 2.29. The highest BCUT2D eigenvalue weighted by Crippen LogP contribution is 2.37. The van der Waals surface area contributed by atoms with Crippen LogP contribution in [0.5, 0.6) is 0 Å². The number of nitrogens with one attached hydrogen (secondary N) is 1. The topological polar surface area (TPSA) is 24.9 Å². The standard InChI is InChI=1S/C12H18N2S/c1-10-5-3-6-11(14-10)13-9-12(2)7-4-8-15-12/h3,5-6H,4,7-9H2,1-2H3,(H,13,14). The molecule has 0 amide bonds. The molecule has 15 heavy (non-hydrogen) atoms. The maximum absolute atomic E-state index is 4.44. The Hall–Kier alpha value is -0.700. The quantitative estimate of drug-likeness (QED) is 0.850. The molecule has 2 nitrogen and oxygen atoms in total. The predicted molar refractivity (Wildman–Crippen MR) is 67.6 cm³/mol. The highest BCUT2D eigenvalue weighted by molar-refractivity contribution is 8.00. The molecule has 1 aliphatic heterocycles. The zero-order valence-corrected chi connectivity index (χ0v) is 10.2. The minimum absolute atomic E-state index is 0.408. The molecule has 0 aromatic carbocycles. The van der Waals surface area contributed by atoms with Gasteiger partial charge in [-0.2, -0.15) is 11.8 Å². The average Bonchev–Trinajstić information content (AvgIpc) is 2.63. The summed E-state index contributed by atoms with van der Waals surface area (Å²) in [6, 6.07) is 6.11. The number of aromatic nitrogens is 1. The summed E-state index contributed by atoms with van der Waals surface area (Å²) in [7, 11) is 0. The van der Waals surface area contributed by atoms with Crippen molar-refractivity contribution < 1.29 is 0 Å². The predicted octanol–water partition coefficient (Wildman–Crippen LogP) is 3.09. The molecule has 82 valence electrons. The SMILES string of the molecule is Cc1cccc(NCC2(C)CCCS2)n1. The van der Waals surface area contributed by atoms with Crippen LogP contribution in [0.3, 0.4) is 0 Å². The molecule has 1 aromatic rings. The summed E-state index contributed by atoms with van der Waals surface area (Å²) in [5.74, 6) is 2.31. The lowest BCUT2D eigenvalue weighted by Crippen LogP contribution is -2.27. The van der Waals surface area contributed by atoms with Gasteiger partial charge >= 0.3 is 0 Å². The Morgan fingerprint density at radius 2 is 2.40 bits per heavy atom. The van der Waals surface area contributed by atoms with E-state index in [-0.39, 0.29) is 0 Å². The summed E-state index contributed by atoms with van der Waals surface area (Å²) < 4.78 is 0.408. The van der Waals surface area contributed by atoms with E-state index in [2.05, 4.69) is 35.1 Å². The number of hydrogen-bond donors (Lipinski definition) is 1. The Kier molecular flexibility index (Phi) is 3.19. The van der Waals surface area contributed by atoms with Gasteiger partial charge in [0, 0.05) is 17.0 Å². The molecule has 1 atom stereocenters. The van der Waals surface area contributed by atoms with Gasteiger partial charge in [-0.15, -0.1) is 0 Å². The van der Waals surface area contributed by atoms with Crippen molar-refractivity contribution >= 4 is 17.6 Å². The van der Waals surface area contributed by atoms with Crippen LogP contribution in [0, 0.1) is 6.92 Å². The zero-order chi connectivity index (χ0) is 10.7. The third-order valence-electron chi connectivity index (χ3n) is 2.83. The van der Waals surface area contributed by atoms with Gasteiger partial charge in [-0.05, 0) is 44.6 Å². The van der Waals surface area contributed by atoms with Crippen LogP contribution in [-0.2, 0) is 0 Å². The fraction of sp³-hybridized carbons (Fsp3) is 0.583. The molecule has 1 aromatic heterocycles. The van der Waals surface area contributed by atoms with E-state index in [1.54, 1.807) is 0 Å². The van der Waals surface area contributed by atoms with Gasteiger partial charge in [-0.1, -0.05) is 6.07 Å². The summed E-state index contributed by atoms with van der Waals surface area (Å²) in [5.41, 5.74) is 1.07. The molecule has 0 aliphatic carbocycles. The molecule has 3 heteroatoms. The van der Waals surface area contributed by atoms with Crippen LogP contribution in [0.25, 0.3) is 0 Å². The molecule has 1 unspecified atom stereocenters. The van der Waals surface area contributed by atoms with Gasteiger partial charge < -0.3 is 5.32 Å². The van der Waals surface area contributed by atoms with Crippen molar-refractivity contribution in [1.82, 2.24) is 4.98 Å². The number of aryl methyl sites for hydroxylation is 1. The Balaban J connectivity index is 1.92. The third-order valence-corrected chi connectivity index (χ3v) is 4.37. The second-order valence-corrected chi connectivity index (χ2v) is 6.10. The summed E-state index contributed by atoms with van der Waals surface area (Å²) in [6.07, 6.45) is 2.67. The summed E-state index contributed by atoms with van der Waals surface area (Å²) in [6.45, 7) is 5.39. The molecule has 0 saturated carbocycles. The van der Waals surface area contributed by atoms with Crippen molar-refractivity contribution in [3.63, 3.8) is 0 Å². The fourth-order valence-electron chi connectivity index (χ4n) is 1.90. The zero-order valence-electron chi connectivity index (χ0n) is 9.42. The number of pyridine rings is 1. The van der Waals surface area contributed by atoms with Gasteiger partial charge in [0.2, 0.25) is 0 Å². The van der Waals surface area contributed by atoms with Gasteiger partial charge in [0.15, 0.2) is 0 Å². The number of anilines is 1.